The normalized spacial score (nSPS) is 12.8. The molecule has 1 atom stereocenters. The lowest BCUT2D eigenvalue weighted by atomic mass is 9.88. The molecule has 0 aliphatic carbocycles. The zero-order chi connectivity index (χ0) is 31.6. The molecule has 3 N–H and O–H groups in total. The first-order valence-corrected chi connectivity index (χ1v) is 13.8. The zero-order valence-corrected chi connectivity index (χ0v) is 25.3. The summed E-state index contributed by atoms with van der Waals surface area (Å²) in [4.78, 5) is 56.6. The fourth-order valence-electron chi connectivity index (χ4n) is 3.55. The van der Waals surface area contributed by atoms with Crippen LogP contribution in [0.5, 0.6) is 0 Å². The lowest BCUT2D eigenvalue weighted by molar-refractivity contribution is -0.148. The number of nitriles is 1. The Morgan fingerprint density at radius 3 is 2.31 bits per heavy atom. The second kappa shape index (κ2) is 14.3. The van der Waals surface area contributed by atoms with E-state index in [4.69, 9.17) is 21.3 Å². The molecule has 0 saturated heterocycles. The highest BCUT2D eigenvalue weighted by molar-refractivity contribution is 7.12. The quantitative estimate of drug-likeness (QED) is 0.211. The number of nitrogens with one attached hydrogen (secondary N) is 3. The predicted molar refractivity (Wildman–Crippen MR) is 157 cm³/mol. The van der Waals surface area contributed by atoms with E-state index in [0.717, 1.165) is 11.0 Å². The Balaban J connectivity index is 2.40. The number of alkyl carbamates (subject to hydrolysis) is 1. The van der Waals surface area contributed by atoms with Crippen LogP contribution in [-0.2, 0) is 36.8 Å². The largest absolute Gasteiger partial charge is 0.457 e. The summed E-state index contributed by atoms with van der Waals surface area (Å²) >= 11 is 1.23. The molecule has 0 bridgehead atoms. The van der Waals surface area contributed by atoms with Gasteiger partial charge in [-0.2, -0.15) is 5.26 Å². The van der Waals surface area contributed by atoms with Gasteiger partial charge in [0.2, 0.25) is 5.91 Å². The molecule has 2 rings (SSSR count). The van der Waals surface area contributed by atoms with Crippen molar-refractivity contribution in [2.45, 2.75) is 71.2 Å². The van der Waals surface area contributed by atoms with Gasteiger partial charge in [0, 0.05) is 17.4 Å². The monoisotopic (exact) mass is 593 g/mol. The van der Waals surface area contributed by atoms with Crippen molar-refractivity contribution in [3.05, 3.63) is 75.3 Å². The maximum atomic E-state index is 13.8. The third-order valence-corrected chi connectivity index (χ3v) is 6.19. The Morgan fingerprint density at radius 2 is 1.71 bits per heavy atom. The van der Waals surface area contributed by atoms with E-state index >= 15 is 0 Å². The fourth-order valence-corrected chi connectivity index (χ4v) is 4.29. The molecule has 3 amide bonds. The first-order chi connectivity index (χ1) is 19.5. The highest BCUT2D eigenvalue weighted by atomic mass is 32.1. The first kappa shape index (κ1) is 33.5. The van der Waals surface area contributed by atoms with Crippen molar-refractivity contribution in [3.63, 3.8) is 0 Å². The summed E-state index contributed by atoms with van der Waals surface area (Å²) in [5.41, 5.74) is -2.83. The van der Waals surface area contributed by atoms with Gasteiger partial charge in [-0.1, -0.05) is 29.8 Å². The van der Waals surface area contributed by atoms with E-state index in [1.165, 1.54) is 17.4 Å². The molecule has 0 spiro atoms. The van der Waals surface area contributed by atoms with Gasteiger partial charge >= 0.3 is 12.1 Å². The molecule has 0 fully saturated rings. The zero-order valence-electron chi connectivity index (χ0n) is 24.5. The second-order valence-corrected chi connectivity index (χ2v) is 12.4. The van der Waals surface area contributed by atoms with Gasteiger partial charge in [-0.15, -0.1) is 11.3 Å². The number of hydrogen-bond donors (Lipinski definition) is 3. The molecule has 0 aliphatic rings. The molecular weight excluding hydrogens is 558 g/mol. The summed E-state index contributed by atoms with van der Waals surface area (Å²) in [5, 5.41) is 16.8. The Hall–Kier alpha value is -4.68. The van der Waals surface area contributed by atoms with Crippen molar-refractivity contribution in [2.24, 2.45) is 0 Å². The van der Waals surface area contributed by atoms with Gasteiger partial charge in [0.05, 0.1) is 19.7 Å². The lowest BCUT2D eigenvalue weighted by Crippen LogP contribution is -2.60. The highest BCUT2D eigenvalue weighted by Crippen LogP contribution is 2.22. The smallest absolute Gasteiger partial charge is 0.408 e. The molecule has 0 saturated carbocycles. The molecule has 222 valence electrons. The van der Waals surface area contributed by atoms with Crippen molar-refractivity contribution < 1.29 is 28.7 Å². The third-order valence-electron chi connectivity index (χ3n) is 5.20. The number of carbonyl (C=O) groups excluding carboxylic acids is 4. The summed E-state index contributed by atoms with van der Waals surface area (Å²) in [6.07, 6.45) is 1.10. The van der Waals surface area contributed by atoms with Crippen LogP contribution in [0.15, 0.2) is 48.6 Å². The molecule has 0 unspecified atom stereocenters. The molecule has 0 radical (unpaired) electrons. The molecule has 11 nitrogen and oxygen atoms in total. The second-order valence-electron chi connectivity index (χ2n) is 11.3. The summed E-state index contributed by atoms with van der Waals surface area (Å²) in [6.45, 7) is 17.1. The van der Waals surface area contributed by atoms with Gasteiger partial charge in [0.15, 0.2) is 5.69 Å². The minimum atomic E-state index is -1.92. The number of ether oxygens (including phenoxy) is 2. The van der Waals surface area contributed by atoms with E-state index in [-0.39, 0.29) is 13.0 Å². The van der Waals surface area contributed by atoms with Crippen LogP contribution in [-0.4, -0.2) is 47.2 Å². The minimum absolute atomic E-state index is 0.157. The van der Waals surface area contributed by atoms with Crippen LogP contribution in [0, 0.1) is 17.9 Å². The number of nitrogens with zero attached hydrogens (tertiary/aromatic N) is 2. The van der Waals surface area contributed by atoms with Gasteiger partial charge in [0.25, 0.3) is 5.91 Å². The SMILES string of the molecule is [C-]#[N+]c1cccc(C[C@@](C=CC(=O)OC(C)(C)C)(NC(=O)OC(C)(C)C)C(=O)NCC(=O)NCc2ccc(C#N)s2)c1. The van der Waals surface area contributed by atoms with E-state index in [1.54, 1.807) is 77.9 Å². The van der Waals surface area contributed by atoms with Crippen LogP contribution < -0.4 is 16.0 Å². The van der Waals surface area contributed by atoms with Crippen LogP contribution >= 0.6 is 11.3 Å². The summed E-state index contributed by atoms with van der Waals surface area (Å²) in [5.74, 6) is -2.09. The lowest BCUT2D eigenvalue weighted by Gasteiger charge is -2.32. The Bertz CT molecular complexity index is 1420. The summed E-state index contributed by atoms with van der Waals surface area (Å²) in [7, 11) is 0. The van der Waals surface area contributed by atoms with Gasteiger partial charge in [-0.3, -0.25) is 9.59 Å². The van der Waals surface area contributed by atoms with E-state index < -0.39 is 47.2 Å². The Morgan fingerprint density at radius 1 is 1.02 bits per heavy atom. The van der Waals surface area contributed by atoms with Crippen LogP contribution in [0.3, 0.4) is 0 Å². The summed E-state index contributed by atoms with van der Waals surface area (Å²) < 4.78 is 10.8. The molecule has 12 heteroatoms. The van der Waals surface area contributed by atoms with Gasteiger partial charge in [-0.05, 0) is 59.8 Å². The topological polar surface area (TPSA) is 151 Å². The maximum absolute atomic E-state index is 13.8. The van der Waals surface area contributed by atoms with Crippen molar-refractivity contribution in [1.82, 2.24) is 16.0 Å². The first-order valence-electron chi connectivity index (χ1n) is 13.0. The molecule has 1 aromatic heterocycles. The Labute approximate surface area is 249 Å². The standard InChI is InChI=1S/C30H35N5O6S/c1-28(2,3)40-25(37)13-14-30(35-27(39)41-29(4,5)6,16-20-9-8-10-21(15-20)32-7)26(38)34-19-24(36)33-18-23-12-11-22(17-31)42-23/h8-15H,16,18-19H2,1-6H3,(H,33,36)(H,34,38)(H,35,39)/t30-/m1/s1. The van der Waals surface area contributed by atoms with Crippen LogP contribution in [0.4, 0.5) is 10.5 Å². The van der Waals surface area contributed by atoms with E-state index in [2.05, 4.69) is 20.8 Å². The Kier molecular flexibility index (Phi) is 11.4. The van der Waals surface area contributed by atoms with Crippen LogP contribution in [0.1, 0.15) is 56.9 Å². The van der Waals surface area contributed by atoms with Gasteiger partial charge in [0.1, 0.15) is 27.7 Å². The number of amides is 3. The number of hydrogen-bond acceptors (Lipinski definition) is 8. The average Bonchev–Trinajstić information content (AvgIpc) is 3.35. The third kappa shape index (κ3) is 11.4. The minimum Gasteiger partial charge on any atom is -0.457 e. The predicted octanol–water partition coefficient (Wildman–Crippen LogP) is 4.31. The number of rotatable bonds is 10. The highest BCUT2D eigenvalue weighted by Gasteiger charge is 2.40. The van der Waals surface area contributed by atoms with Crippen LogP contribution in [0.2, 0.25) is 0 Å². The van der Waals surface area contributed by atoms with E-state index in [0.29, 0.717) is 16.1 Å². The van der Waals surface area contributed by atoms with E-state index in [1.807, 2.05) is 6.07 Å². The number of carbonyl (C=O) groups is 4. The summed E-state index contributed by atoms with van der Waals surface area (Å²) in [6, 6.07) is 11.8. The van der Waals surface area contributed by atoms with E-state index in [9.17, 15) is 19.2 Å². The molecule has 0 aliphatic heterocycles. The fraction of sp³-hybridized carbons (Fsp3) is 0.400. The van der Waals surface area contributed by atoms with Crippen molar-refractivity contribution in [1.29, 1.82) is 5.26 Å². The van der Waals surface area contributed by atoms with Crippen molar-refractivity contribution >= 4 is 40.9 Å². The van der Waals surface area contributed by atoms with Crippen molar-refractivity contribution in [2.75, 3.05) is 6.54 Å². The number of benzene rings is 1. The maximum Gasteiger partial charge on any atom is 0.408 e. The number of thiophene rings is 1. The van der Waals surface area contributed by atoms with Crippen LogP contribution in [0.25, 0.3) is 4.85 Å². The van der Waals surface area contributed by atoms with Gasteiger partial charge < -0.3 is 25.4 Å². The van der Waals surface area contributed by atoms with Crippen molar-refractivity contribution in [3.8, 4) is 6.07 Å². The number of esters is 1. The van der Waals surface area contributed by atoms with Gasteiger partial charge in [-0.25, -0.2) is 14.4 Å². The molecule has 42 heavy (non-hydrogen) atoms. The molecule has 2 aromatic rings. The molecule has 1 aromatic carbocycles. The molecular formula is C30H35N5O6S. The molecule has 1 heterocycles. The average molecular weight is 594 g/mol.